The fourth-order valence-electron chi connectivity index (χ4n) is 1.76. The molecule has 5 nitrogen and oxygen atoms in total. The molecule has 106 valence electrons. The Kier molecular flexibility index (Phi) is 6.24. The van der Waals surface area contributed by atoms with Gasteiger partial charge in [-0.15, -0.1) is 0 Å². The summed E-state index contributed by atoms with van der Waals surface area (Å²) in [7, 11) is 3.99. The van der Waals surface area contributed by atoms with Gasteiger partial charge in [-0.2, -0.15) is 0 Å². The first-order valence-electron chi connectivity index (χ1n) is 6.24. The average molecular weight is 330 g/mol. The number of rotatable bonds is 7. The van der Waals surface area contributed by atoms with Gasteiger partial charge in [0.2, 0.25) is 0 Å². The highest BCUT2D eigenvalue weighted by molar-refractivity contribution is 9.10. The van der Waals surface area contributed by atoms with E-state index in [0.717, 1.165) is 26.1 Å². The number of aromatic nitrogens is 1. The molecular formula is C13H20BrN3O2. The van der Waals surface area contributed by atoms with Crippen molar-refractivity contribution in [3.8, 4) is 0 Å². The zero-order valence-corrected chi connectivity index (χ0v) is 13.1. The van der Waals surface area contributed by atoms with Crippen LogP contribution >= 0.6 is 15.9 Å². The number of pyridine rings is 1. The Bertz CT molecular complexity index is 438. The third kappa shape index (κ3) is 4.80. The first kappa shape index (κ1) is 15.9. The number of carboxylic acids is 1. The molecule has 19 heavy (non-hydrogen) atoms. The van der Waals surface area contributed by atoms with Crippen LogP contribution in [0.2, 0.25) is 0 Å². The van der Waals surface area contributed by atoms with Crippen LogP contribution in [0.25, 0.3) is 0 Å². The Morgan fingerprint density at radius 1 is 1.37 bits per heavy atom. The van der Waals surface area contributed by atoms with Crippen LogP contribution in [-0.4, -0.2) is 54.7 Å². The van der Waals surface area contributed by atoms with Gasteiger partial charge < -0.3 is 14.9 Å². The lowest BCUT2D eigenvalue weighted by molar-refractivity contribution is 0.0697. The number of aromatic carboxylic acids is 1. The van der Waals surface area contributed by atoms with Crippen molar-refractivity contribution in [3.05, 3.63) is 22.3 Å². The number of carbonyl (C=O) groups is 1. The summed E-state index contributed by atoms with van der Waals surface area (Å²) in [6.07, 6.45) is 2.59. The molecule has 0 aliphatic rings. The van der Waals surface area contributed by atoms with Crippen LogP contribution < -0.4 is 4.90 Å². The third-order valence-electron chi connectivity index (χ3n) is 2.67. The maximum absolute atomic E-state index is 11.3. The summed E-state index contributed by atoms with van der Waals surface area (Å²) in [5.74, 6) is -0.408. The number of halogens is 1. The van der Waals surface area contributed by atoms with E-state index in [1.165, 1.54) is 0 Å². The van der Waals surface area contributed by atoms with Gasteiger partial charge in [-0.25, -0.2) is 9.78 Å². The Morgan fingerprint density at radius 3 is 2.58 bits per heavy atom. The lowest BCUT2D eigenvalue weighted by Crippen LogP contribution is -2.34. The normalized spacial score (nSPS) is 10.8. The largest absolute Gasteiger partial charge is 0.478 e. The van der Waals surface area contributed by atoms with Crippen molar-refractivity contribution >= 4 is 27.7 Å². The molecule has 0 aliphatic heterocycles. The first-order valence-corrected chi connectivity index (χ1v) is 7.03. The van der Waals surface area contributed by atoms with Crippen LogP contribution in [0.3, 0.4) is 0 Å². The van der Waals surface area contributed by atoms with Gasteiger partial charge in [-0.05, 0) is 42.5 Å². The zero-order chi connectivity index (χ0) is 14.4. The fourth-order valence-corrected chi connectivity index (χ4v) is 2.09. The third-order valence-corrected chi connectivity index (χ3v) is 3.11. The smallest absolute Gasteiger partial charge is 0.339 e. The van der Waals surface area contributed by atoms with Crippen LogP contribution in [0, 0.1) is 0 Å². The topological polar surface area (TPSA) is 56.7 Å². The average Bonchev–Trinajstić information content (AvgIpc) is 2.34. The highest BCUT2D eigenvalue weighted by atomic mass is 79.9. The molecule has 0 aromatic carbocycles. The molecule has 0 amide bonds. The number of hydrogen-bond acceptors (Lipinski definition) is 4. The second kappa shape index (κ2) is 7.45. The molecule has 1 aromatic heterocycles. The molecule has 0 atom stereocenters. The maximum Gasteiger partial charge on any atom is 0.339 e. The van der Waals surface area contributed by atoms with Crippen molar-refractivity contribution in [1.82, 2.24) is 9.88 Å². The second-order valence-corrected chi connectivity index (χ2v) is 5.54. The Balaban J connectivity index is 3.03. The summed E-state index contributed by atoms with van der Waals surface area (Å²) < 4.78 is 0.678. The minimum atomic E-state index is -0.949. The van der Waals surface area contributed by atoms with Crippen LogP contribution in [0.5, 0.6) is 0 Å². The van der Waals surface area contributed by atoms with Gasteiger partial charge in [0, 0.05) is 30.3 Å². The van der Waals surface area contributed by atoms with Gasteiger partial charge in [0.05, 0.1) is 0 Å². The van der Waals surface area contributed by atoms with Crippen molar-refractivity contribution in [2.75, 3.05) is 38.6 Å². The lowest BCUT2D eigenvalue weighted by atomic mass is 10.2. The van der Waals surface area contributed by atoms with E-state index in [0.29, 0.717) is 10.3 Å². The molecule has 0 bridgehead atoms. The summed E-state index contributed by atoms with van der Waals surface area (Å²) >= 11 is 3.26. The van der Waals surface area contributed by atoms with Gasteiger partial charge in [0.15, 0.2) is 0 Å². The maximum atomic E-state index is 11.3. The number of nitrogens with zero attached hydrogens (tertiary/aromatic N) is 3. The van der Waals surface area contributed by atoms with Gasteiger partial charge in [-0.3, -0.25) is 0 Å². The Hall–Kier alpha value is -1.14. The zero-order valence-electron chi connectivity index (χ0n) is 11.6. The van der Waals surface area contributed by atoms with Crippen LogP contribution in [0.1, 0.15) is 23.7 Å². The van der Waals surface area contributed by atoms with Crippen LogP contribution in [0.4, 0.5) is 5.82 Å². The number of anilines is 1. The molecule has 1 N–H and O–H groups in total. The molecular weight excluding hydrogens is 310 g/mol. The van der Waals surface area contributed by atoms with E-state index in [4.69, 9.17) is 0 Å². The standard InChI is InChI=1S/C13H20BrN3O2/c1-4-5-17(7-6-16(2)3)12-11(13(18)19)8-10(14)9-15-12/h8-9H,4-7H2,1-3H3,(H,18,19). The van der Waals surface area contributed by atoms with E-state index < -0.39 is 5.97 Å². The predicted octanol–water partition coefficient (Wildman–Crippen LogP) is 2.32. The van der Waals surface area contributed by atoms with E-state index in [-0.39, 0.29) is 5.56 Å². The molecule has 1 rings (SSSR count). The monoisotopic (exact) mass is 329 g/mol. The highest BCUT2D eigenvalue weighted by Crippen LogP contribution is 2.22. The summed E-state index contributed by atoms with van der Waals surface area (Å²) in [5, 5.41) is 9.29. The Morgan fingerprint density at radius 2 is 2.05 bits per heavy atom. The SMILES string of the molecule is CCCN(CCN(C)C)c1ncc(Br)cc1C(=O)O. The quantitative estimate of drug-likeness (QED) is 0.831. The van der Waals surface area contributed by atoms with Crippen molar-refractivity contribution in [2.24, 2.45) is 0 Å². The van der Waals surface area contributed by atoms with Crippen molar-refractivity contribution < 1.29 is 9.90 Å². The highest BCUT2D eigenvalue weighted by Gasteiger charge is 2.17. The first-order chi connectivity index (χ1) is 8.95. The molecule has 0 radical (unpaired) electrons. The number of hydrogen-bond donors (Lipinski definition) is 1. The summed E-state index contributed by atoms with van der Waals surface area (Å²) in [5.41, 5.74) is 0.238. The molecule has 0 aliphatic carbocycles. The molecule has 1 heterocycles. The number of likely N-dealkylation sites (N-methyl/N-ethyl adjacent to an activating group) is 1. The van der Waals surface area contributed by atoms with E-state index in [1.54, 1.807) is 12.3 Å². The van der Waals surface area contributed by atoms with Crippen LogP contribution in [-0.2, 0) is 0 Å². The Labute approximate surface area is 122 Å². The summed E-state index contributed by atoms with van der Waals surface area (Å²) in [6.45, 7) is 4.48. The lowest BCUT2D eigenvalue weighted by Gasteiger charge is -2.26. The minimum Gasteiger partial charge on any atom is -0.478 e. The molecule has 0 fully saturated rings. The van der Waals surface area contributed by atoms with E-state index >= 15 is 0 Å². The van der Waals surface area contributed by atoms with Gasteiger partial charge >= 0.3 is 5.97 Å². The van der Waals surface area contributed by atoms with Gasteiger partial charge in [-0.1, -0.05) is 6.92 Å². The molecule has 0 spiro atoms. The molecule has 6 heteroatoms. The van der Waals surface area contributed by atoms with Crippen molar-refractivity contribution in [1.29, 1.82) is 0 Å². The summed E-state index contributed by atoms with van der Waals surface area (Å²) in [4.78, 5) is 19.7. The van der Waals surface area contributed by atoms with E-state index in [1.807, 2.05) is 19.0 Å². The number of carboxylic acid groups (broad SMARTS) is 1. The van der Waals surface area contributed by atoms with E-state index in [9.17, 15) is 9.90 Å². The molecule has 1 aromatic rings. The summed E-state index contributed by atoms with van der Waals surface area (Å²) in [6, 6.07) is 1.60. The molecule has 0 saturated carbocycles. The second-order valence-electron chi connectivity index (χ2n) is 4.62. The predicted molar refractivity (Wildman–Crippen MR) is 80.0 cm³/mol. The fraction of sp³-hybridized carbons (Fsp3) is 0.538. The van der Waals surface area contributed by atoms with Gasteiger partial charge in [0.25, 0.3) is 0 Å². The molecule has 0 saturated heterocycles. The minimum absolute atomic E-state index is 0.238. The van der Waals surface area contributed by atoms with Crippen LogP contribution in [0.15, 0.2) is 16.7 Å². The van der Waals surface area contributed by atoms with Gasteiger partial charge in [0.1, 0.15) is 11.4 Å². The van der Waals surface area contributed by atoms with Crippen molar-refractivity contribution in [2.45, 2.75) is 13.3 Å². The van der Waals surface area contributed by atoms with E-state index in [2.05, 4.69) is 32.7 Å². The van der Waals surface area contributed by atoms with Crippen molar-refractivity contribution in [3.63, 3.8) is 0 Å². The molecule has 0 unspecified atom stereocenters.